The normalized spacial score (nSPS) is 16.7. The third-order valence-corrected chi connectivity index (χ3v) is 6.97. The number of carboxylic acid groups (broad SMARTS) is 1. The van der Waals surface area contributed by atoms with E-state index in [0.29, 0.717) is 12.2 Å². The number of hydrogen-bond donors (Lipinski definition) is 1. The Morgan fingerprint density at radius 2 is 1.72 bits per heavy atom. The molecule has 5 nitrogen and oxygen atoms in total. The zero-order valence-electron chi connectivity index (χ0n) is 22.1. The van der Waals surface area contributed by atoms with Gasteiger partial charge in [-0.25, -0.2) is 0 Å². The van der Waals surface area contributed by atoms with Gasteiger partial charge in [0.25, 0.3) is 5.91 Å². The van der Waals surface area contributed by atoms with Crippen LogP contribution in [0.2, 0.25) is 0 Å². The van der Waals surface area contributed by atoms with E-state index >= 15 is 0 Å². The number of hydrogen-bond acceptors (Lipinski definition) is 3. The second-order valence-electron chi connectivity index (χ2n) is 10.4. The first-order valence-corrected chi connectivity index (χ1v) is 13.0. The molecule has 0 radical (unpaired) electrons. The lowest BCUT2D eigenvalue weighted by atomic mass is 9.86. The van der Waals surface area contributed by atoms with Gasteiger partial charge in [0.1, 0.15) is 17.9 Å². The highest BCUT2D eigenvalue weighted by molar-refractivity contribution is 5.96. The van der Waals surface area contributed by atoms with Crippen LogP contribution in [0.5, 0.6) is 5.75 Å². The molecule has 1 N–H and O–H groups in total. The Morgan fingerprint density at radius 3 is 2.38 bits per heavy atom. The molecule has 1 amide bonds. The van der Waals surface area contributed by atoms with Crippen LogP contribution in [-0.4, -0.2) is 34.0 Å². The van der Waals surface area contributed by atoms with E-state index in [9.17, 15) is 27.9 Å². The van der Waals surface area contributed by atoms with Crippen molar-refractivity contribution in [2.75, 3.05) is 6.54 Å². The first kappa shape index (κ1) is 28.2. The summed E-state index contributed by atoms with van der Waals surface area (Å²) in [6, 6.07) is 18.1. The number of amides is 1. The van der Waals surface area contributed by atoms with E-state index in [2.05, 4.69) is 38.1 Å². The van der Waals surface area contributed by atoms with E-state index in [-0.39, 0.29) is 17.7 Å². The lowest BCUT2D eigenvalue weighted by Crippen LogP contribution is -2.39. The van der Waals surface area contributed by atoms with E-state index < -0.39 is 35.8 Å². The van der Waals surface area contributed by atoms with E-state index in [1.54, 1.807) is 18.2 Å². The molecule has 206 valence electrons. The lowest BCUT2D eigenvalue weighted by Gasteiger charge is -2.36. The molecule has 1 heterocycles. The van der Waals surface area contributed by atoms with Crippen LogP contribution in [0, 0.1) is 0 Å². The molecule has 0 spiro atoms. The van der Waals surface area contributed by atoms with Crippen molar-refractivity contribution in [3.05, 3.63) is 100 Å². The van der Waals surface area contributed by atoms with Crippen LogP contribution in [0.4, 0.5) is 13.2 Å². The molecule has 0 fully saturated rings. The van der Waals surface area contributed by atoms with Crippen LogP contribution < -0.4 is 4.74 Å². The fraction of sp³-hybridized carbons (Fsp3) is 0.355. The molecule has 3 aromatic rings. The monoisotopic (exact) mass is 539 g/mol. The Kier molecular flexibility index (Phi) is 8.33. The number of nitrogens with zero attached hydrogens (tertiary/aromatic N) is 1. The predicted molar refractivity (Wildman–Crippen MR) is 142 cm³/mol. The number of ether oxygens (including phenoxy) is 1. The van der Waals surface area contributed by atoms with Gasteiger partial charge in [-0.3, -0.25) is 9.59 Å². The standard InChI is InChI=1S/C31H32F3NO4/c1-3-5-21-8-10-22(11-9-21)18-30(2)15-14-24-17-25(12-13-27(24)39-30)29(38)35(20-28(36)37)19-23-6-4-7-26(16-23)31(32,33)34/h4,6-13,16-17H,3,5,14-15,18-20H2,1-2H3,(H,36,37)/t30-/m1/s1. The minimum atomic E-state index is -4.54. The van der Waals surface area contributed by atoms with E-state index in [1.165, 1.54) is 23.3 Å². The summed E-state index contributed by atoms with van der Waals surface area (Å²) in [4.78, 5) is 25.8. The van der Waals surface area contributed by atoms with Gasteiger partial charge in [0.15, 0.2) is 0 Å². The Hall–Kier alpha value is -3.81. The van der Waals surface area contributed by atoms with Gasteiger partial charge < -0.3 is 14.7 Å². The van der Waals surface area contributed by atoms with Crippen LogP contribution in [0.15, 0.2) is 66.7 Å². The van der Waals surface area contributed by atoms with Gasteiger partial charge >= 0.3 is 12.1 Å². The van der Waals surface area contributed by atoms with Crippen molar-refractivity contribution in [3.63, 3.8) is 0 Å². The van der Waals surface area contributed by atoms with Crippen molar-refractivity contribution in [2.45, 2.75) is 64.3 Å². The number of rotatable bonds is 9. The highest BCUT2D eigenvalue weighted by Crippen LogP contribution is 2.36. The molecule has 0 aromatic heterocycles. The number of carbonyl (C=O) groups excluding carboxylic acids is 1. The molecule has 1 aliphatic heterocycles. The van der Waals surface area contributed by atoms with Crippen LogP contribution >= 0.6 is 0 Å². The molecular formula is C31H32F3NO4. The average molecular weight is 540 g/mol. The Bertz CT molecular complexity index is 1340. The van der Waals surface area contributed by atoms with Gasteiger partial charge in [-0.1, -0.05) is 49.7 Å². The minimum Gasteiger partial charge on any atom is -0.487 e. The van der Waals surface area contributed by atoms with Crippen LogP contribution in [0.25, 0.3) is 0 Å². The van der Waals surface area contributed by atoms with Crippen molar-refractivity contribution >= 4 is 11.9 Å². The van der Waals surface area contributed by atoms with E-state index in [1.807, 2.05) is 0 Å². The summed E-state index contributed by atoms with van der Waals surface area (Å²) in [5, 5.41) is 9.36. The van der Waals surface area contributed by atoms with Gasteiger partial charge in [-0.05, 0) is 78.8 Å². The highest BCUT2D eigenvalue weighted by atomic mass is 19.4. The molecule has 1 aliphatic rings. The quantitative estimate of drug-likeness (QED) is 0.328. The maximum atomic E-state index is 13.3. The number of benzene rings is 3. The summed E-state index contributed by atoms with van der Waals surface area (Å²) in [7, 11) is 0. The van der Waals surface area contributed by atoms with E-state index in [0.717, 1.165) is 48.3 Å². The van der Waals surface area contributed by atoms with Gasteiger partial charge in [0.05, 0.1) is 5.56 Å². The number of alkyl halides is 3. The molecule has 8 heteroatoms. The fourth-order valence-electron chi connectivity index (χ4n) is 5.00. The second kappa shape index (κ2) is 11.5. The Morgan fingerprint density at radius 1 is 1.00 bits per heavy atom. The molecule has 0 saturated heterocycles. The third-order valence-electron chi connectivity index (χ3n) is 6.97. The van der Waals surface area contributed by atoms with Gasteiger partial charge in [0.2, 0.25) is 0 Å². The van der Waals surface area contributed by atoms with Crippen LogP contribution in [-0.2, 0) is 36.8 Å². The third kappa shape index (κ3) is 7.19. The number of aryl methyl sites for hydroxylation is 2. The number of fused-ring (bicyclic) bond motifs is 1. The zero-order valence-corrected chi connectivity index (χ0v) is 22.1. The first-order chi connectivity index (χ1) is 18.5. The molecule has 0 saturated carbocycles. The minimum absolute atomic E-state index is 0.194. The summed E-state index contributed by atoms with van der Waals surface area (Å²) in [5.74, 6) is -1.15. The fourth-order valence-corrected chi connectivity index (χ4v) is 5.00. The van der Waals surface area contributed by atoms with Crippen molar-refractivity contribution in [1.82, 2.24) is 4.90 Å². The molecule has 0 unspecified atom stereocenters. The molecule has 1 atom stereocenters. The maximum Gasteiger partial charge on any atom is 0.416 e. The molecule has 0 bridgehead atoms. The predicted octanol–water partition coefficient (Wildman–Crippen LogP) is 6.71. The topological polar surface area (TPSA) is 66.8 Å². The van der Waals surface area contributed by atoms with Crippen molar-refractivity contribution in [2.24, 2.45) is 0 Å². The SMILES string of the molecule is CCCc1ccc(C[C@@]2(C)CCc3cc(C(=O)N(CC(=O)O)Cc4cccc(C(F)(F)F)c4)ccc3O2)cc1. The van der Waals surface area contributed by atoms with Crippen molar-refractivity contribution < 1.29 is 32.6 Å². The summed E-state index contributed by atoms with van der Waals surface area (Å²) in [5.41, 5.74) is 2.53. The Labute approximate surface area is 226 Å². The largest absolute Gasteiger partial charge is 0.487 e. The summed E-state index contributed by atoms with van der Waals surface area (Å²) in [6.07, 6.45) is -0.246. The molecular weight excluding hydrogens is 507 g/mol. The van der Waals surface area contributed by atoms with Crippen molar-refractivity contribution in [1.29, 1.82) is 0 Å². The lowest BCUT2D eigenvalue weighted by molar-refractivity contribution is -0.139. The van der Waals surface area contributed by atoms with E-state index in [4.69, 9.17) is 4.74 Å². The van der Waals surface area contributed by atoms with Gasteiger partial charge in [-0.15, -0.1) is 0 Å². The molecule has 3 aromatic carbocycles. The summed E-state index contributed by atoms with van der Waals surface area (Å²) in [6.45, 7) is 3.31. The highest BCUT2D eigenvalue weighted by Gasteiger charge is 2.33. The zero-order chi connectivity index (χ0) is 28.2. The summed E-state index contributed by atoms with van der Waals surface area (Å²) < 4.78 is 45.8. The average Bonchev–Trinajstić information content (AvgIpc) is 2.88. The van der Waals surface area contributed by atoms with Crippen LogP contribution in [0.1, 0.15) is 64.9 Å². The molecule has 39 heavy (non-hydrogen) atoms. The number of carboxylic acids is 1. The Balaban J connectivity index is 1.49. The maximum absolute atomic E-state index is 13.3. The number of halogens is 3. The smallest absolute Gasteiger partial charge is 0.416 e. The molecule has 4 rings (SSSR count). The molecule has 0 aliphatic carbocycles. The second-order valence-corrected chi connectivity index (χ2v) is 10.4. The number of aliphatic carboxylic acids is 1. The summed E-state index contributed by atoms with van der Waals surface area (Å²) >= 11 is 0. The van der Waals surface area contributed by atoms with Gasteiger partial charge in [-0.2, -0.15) is 13.2 Å². The van der Waals surface area contributed by atoms with Crippen molar-refractivity contribution in [3.8, 4) is 5.75 Å². The number of carbonyl (C=O) groups is 2. The van der Waals surface area contributed by atoms with Gasteiger partial charge in [0, 0.05) is 18.5 Å². The first-order valence-electron chi connectivity index (χ1n) is 13.0. The van der Waals surface area contributed by atoms with Crippen LogP contribution in [0.3, 0.4) is 0 Å².